The van der Waals surface area contributed by atoms with Crippen LogP contribution in [0.3, 0.4) is 0 Å². The highest BCUT2D eigenvalue weighted by Crippen LogP contribution is 2.05. The lowest BCUT2D eigenvalue weighted by Gasteiger charge is -2.18. The average Bonchev–Trinajstić information content (AvgIpc) is 1.85. The van der Waals surface area contributed by atoms with Crippen LogP contribution in [-0.4, -0.2) is 26.5 Å². The molecule has 0 amide bonds. The number of hydrazine groups is 1. The molecule has 0 aromatic rings. The van der Waals surface area contributed by atoms with Crippen molar-refractivity contribution in [3.8, 4) is 0 Å². The lowest BCUT2D eigenvalue weighted by molar-refractivity contribution is 0.396. The van der Waals surface area contributed by atoms with E-state index in [-0.39, 0.29) is 11.8 Å². The molecule has 1 atom stereocenters. The van der Waals surface area contributed by atoms with Crippen molar-refractivity contribution in [2.24, 2.45) is 11.8 Å². The van der Waals surface area contributed by atoms with Crippen LogP contribution in [-0.2, 0) is 9.84 Å². The first-order chi connectivity index (χ1) is 5.37. The second-order valence-electron chi connectivity index (χ2n) is 3.44. The van der Waals surface area contributed by atoms with Crippen LogP contribution in [0.1, 0.15) is 20.3 Å². The molecule has 1 unspecified atom stereocenters. The fraction of sp³-hybridized carbons (Fsp3) is 1.00. The predicted octanol–water partition coefficient (Wildman–Crippen LogP) is -0.0910. The van der Waals surface area contributed by atoms with E-state index in [0.29, 0.717) is 12.3 Å². The summed E-state index contributed by atoms with van der Waals surface area (Å²) in [6.07, 6.45) is 1.81. The fourth-order valence-electron chi connectivity index (χ4n) is 0.950. The third kappa shape index (κ3) is 5.51. The maximum atomic E-state index is 10.8. The van der Waals surface area contributed by atoms with Crippen LogP contribution >= 0.6 is 0 Å². The van der Waals surface area contributed by atoms with Gasteiger partial charge in [-0.25, -0.2) is 8.42 Å². The lowest BCUT2D eigenvalue weighted by Crippen LogP contribution is -2.40. The maximum Gasteiger partial charge on any atom is 0.147 e. The lowest BCUT2D eigenvalue weighted by atomic mass is 10.0. The smallest absolute Gasteiger partial charge is 0.147 e. The molecule has 0 fully saturated rings. The Bertz CT molecular complexity index is 211. The highest BCUT2D eigenvalue weighted by atomic mass is 32.2. The summed E-state index contributed by atoms with van der Waals surface area (Å²) in [5, 5.41) is 0. The molecule has 0 aliphatic rings. The van der Waals surface area contributed by atoms with E-state index in [9.17, 15) is 8.42 Å². The summed E-state index contributed by atoms with van der Waals surface area (Å²) < 4.78 is 21.6. The Morgan fingerprint density at radius 2 is 1.92 bits per heavy atom. The van der Waals surface area contributed by atoms with Crippen molar-refractivity contribution < 1.29 is 8.42 Å². The highest BCUT2D eigenvalue weighted by molar-refractivity contribution is 7.90. The van der Waals surface area contributed by atoms with Gasteiger partial charge in [-0.15, -0.1) is 0 Å². The van der Waals surface area contributed by atoms with E-state index < -0.39 is 9.84 Å². The van der Waals surface area contributed by atoms with Crippen LogP contribution in [0.5, 0.6) is 0 Å². The molecule has 0 aliphatic carbocycles. The normalized spacial score (nSPS) is 15.1. The Morgan fingerprint density at radius 1 is 1.42 bits per heavy atom. The van der Waals surface area contributed by atoms with Gasteiger partial charge in [-0.05, 0) is 12.3 Å². The van der Waals surface area contributed by atoms with Crippen molar-refractivity contribution in [2.75, 3.05) is 12.0 Å². The molecule has 0 aromatic carbocycles. The molecule has 3 N–H and O–H groups in total. The quantitative estimate of drug-likeness (QED) is 0.474. The van der Waals surface area contributed by atoms with Crippen molar-refractivity contribution in [3.63, 3.8) is 0 Å². The Balaban J connectivity index is 3.90. The van der Waals surface area contributed by atoms with Gasteiger partial charge in [0.25, 0.3) is 0 Å². The Kier molecular flexibility index (Phi) is 4.74. The van der Waals surface area contributed by atoms with Crippen LogP contribution in [0.25, 0.3) is 0 Å². The molecule has 0 radical (unpaired) electrons. The molecule has 5 heteroatoms. The maximum absolute atomic E-state index is 10.8. The predicted molar refractivity (Wildman–Crippen MR) is 50.3 cm³/mol. The highest BCUT2D eigenvalue weighted by Gasteiger charge is 2.13. The first kappa shape index (κ1) is 11.9. The number of nitrogens with one attached hydrogen (secondary N) is 1. The number of hydrogen-bond acceptors (Lipinski definition) is 4. The van der Waals surface area contributed by atoms with E-state index in [1.54, 1.807) is 0 Å². The van der Waals surface area contributed by atoms with Gasteiger partial charge in [-0.1, -0.05) is 13.8 Å². The van der Waals surface area contributed by atoms with Gasteiger partial charge in [0.2, 0.25) is 0 Å². The first-order valence-corrected chi connectivity index (χ1v) is 6.06. The number of sulfone groups is 1. The van der Waals surface area contributed by atoms with Crippen molar-refractivity contribution in [1.82, 2.24) is 5.43 Å². The molecule has 74 valence electrons. The molecule has 0 aromatic heterocycles. The van der Waals surface area contributed by atoms with Crippen molar-refractivity contribution in [1.29, 1.82) is 0 Å². The SMILES string of the molecule is CC(C)C(CCS(C)(=O)=O)NN. The molecule has 12 heavy (non-hydrogen) atoms. The van der Waals surface area contributed by atoms with Crippen LogP contribution < -0.4 is 11.3 Å². The Hall–Kier alpha value is -0.130. The molecular weight excluding hydrogens is 176 g/mol. The third-order valence-corrected chi connectivity index (χ3v) is 2.80. The summed E-state index contributed by atoms with van der Waals surface area (Å²) in [5.74, 6) is 5.81. The number of hydrogen-bond donors (Lipinski definition) is 2. The Labute approximate surface area is 74.4 Å². The van der Waals surface area contributed by atoms with E-state index in [1.807, 2.05) is 13.8 Å². The summed E-state index contributed by atoms with van der Waals surface area (Å²) in [5.41, 5.74) is 2.61. The van der Waals surface area contributed by atoms with Crippen LogP contribution in [0.2, 0.25) is 0 Å². The summed E-state index contributed by atoms with van der Waals surface area (Å²) >= 11 is 0. The molecule has 0 rings (SSSR count). The zero-order valence-electron chi connectivity index (χ0n) is 7.87. The molecule has 0 spiro atoms. The number of nitrogens with two attached hydrogens (primary N) is 1. The molecule has 0 saturated carbocycles. The van der Waals surface area contributed by atoms with Gasteiger partial charge in [0, 0.05) is 12.3 Å². The van der Waals surface area contributed by atoms with Crippen molar-refractivity contribution in [2.45, 2.75) is 26.3 Å². The standard InChI is InChI=1S/C7H18N2O2S/c1-6(2)7(9-8)4-5-12(3,10)11/h6-7,9H,4-5,8H2,1-3H3. The molecule has 0 saturated heterocycles. The molecule has 0 bridgehead atoms. The summed E-state index contributed by atoms with van der Waals surface area (Å²) in [7, 11) is -2.86. The van der Waals surface area contributed by atoms with Gasteiger partial charge < -0.3 is 0 Å². The van der Waals surface area contributed by atoms with Gasteiger partial charge in [-0.2, -0.15) is 0 Å². The minimum absolute atomic E-state index is 0.0831. The fourth-order valence-corrected chi connectivity index (χ4v) is 1.63. The molecule has 0 aliphatic heterocycles. The molecular formula is C7H18N2O2S. The van der Waals surface area contributed by atoms with E-state index in [4.69, 9.17) is 5.84 Å². The van der Waals surface area contributed by atoms with Gasteiger partial charge in [0.15, 0.2) is 0 Å². The van der Waals surface area contributed by atoms with Crippen molar-refractivity contribution >= 4 is 9.84 Å². The van der Waals surface area contributed by atoms with Crippen LogP contribution in [0.15, 0.2) is 0 Å². The third-order valence-electron chi connectivity index (χ3n) is 1.82. The number of rotatable bonds is 5. The van der Waals surface area contributed by atoms with Crippen LogP contribution in [0, 0.1) is 5.92 Å². The van der Waals surface area contributed by atoms with E-state index in [1.165, 1.54) is 6.26 Å². The van der Waals surface area contributed by atoms with Gasteiger partial charge in [-0.3, -0.25) is 11.3 Å². The largest absolute Gasteiger partial charge is 0.271 e. The zero-order chi connectivity index (χ0) is 9.78. The summed E-state index contributed by atoms with van der Waals surface area (Å²) in [6.45, 7) is 4.01. The topological polar surface area (TPSA) is 72.2 Å². The average molecular weight is 194 g/mol. The van der Waals surface area contributed by atoms with Gasteiger partial charge >= 0.3 is 0 Å². The van der Waals surface area contributed by atoms with E-state index in [0.717, 1.165) is 0 Å². The second kappa shape index (κ2) is 4.79. The monoisotopic (exact) mass is 194 g/mol. The second-order valence-corrected chi connectivity index (χ2v) is 5.70. The molecule has 4 nitrogen and oxygen atoms in total. The minimum Gasteiger partial charge on any atom is -0.271 e. The zero-order valence-corrected chi connectivity index (χ0v) is 8.69. The van der Waals surface area contributed by atoms with Crippen molar-refractivity contribution in [3.05, 3.63) is 0 Å². The first-order valence-electron chi connectivity index (χ1n) is 4.00. The Morgan fingerprint density at radius 3 is 2.17 bits per heavy atom. The van der Waals surface area contributed by atoms with E-state index >= 15 is 0 Å². The molecule has 0 heterocycles. The summed E-state index contributed by atoms with van der Waals surface area (Å²) in [6, 6.07) is 0.0831. The minimum atomic E-state index is -2.86. The summed E-state index contributed by atoms with van der Waals surface area (Å²) in [4.78, 5) is 0. The van der Waals surface area contributed by atoms with Gasteiger partial charge in [0.05, 0.1) is 5.75 Å². The van der Waals surface area contributed by atoms with Gasteiger partial charge in [0.1, 0.15) is 9.84 Å². The van der Waals surface area contributed by atoms with Crippen LogP contribution in [0.4, 0.5) is 0 Å². The van der Waals surface area contributed by atoms with E-state index in [2.05, 4.69) is 5.43 Å².